The maximum absolute atomic E-state index is 5.60. The van der Waals surface area contributed by atoms with Crippen molar-refractivity contribution in [1.29, 1.82) is 0 Å². The van der Waals surface area contributed by atoms with E-state index in [9.17, 15) is 0 Å². The van der Waals surface area contributed by atoms with E-state index in [1.165, 1.54) is 12.8 Å². The Morgan fingerprint density at radius 3 is 2.57 bits per heavy atom. The first-order valence-corrected chi connectivity index (χ1v) is 8.51. The Bertz CT molecular complexity index is 430. The predicted octanol–water partition coefficient (Wildman–Crippen LogP) is 2.17. The van der Waals surface area contributed by atoms with Gasteiger partial charge in [0.15, 0.2) is 5.96 Å². The van der Waals surface area contributed by atoms with Gasteiger partial charge < -0.3 is 24.5 Å². The second-order valence-electron chi connectivity index (χ2n) is 5.78. The molecule has 0 aliphatic heterocycles. The quantitative estimate of drug-likeness (QED) is 0.350. The number of hydrogen-bond donors (Lipinski definition) is 2. The SMILES string of the molecule is CN=C(NCCCOCc1ccco1)NCCCOCC1CC1. The topological polar surface area (TPSA) is 68.0 Å². The summed E-state index contributed by atoms with van der Waals surface area (Å²) in [6.07, 6.45) is 6.28. The molecule has 0 aromatic carbocycles. The van der Waals surface area contributed by atoms with Crippen molar-refractivity contribution in [3.05, 3.63) is 24.2 Å². The van der Waals surface area contributed by atoms with Gasteiger partial charge >= 0.3 is 0 Å². The Balaban J connectivity index is 1.38. The van der Waals surface area contributed by atoms with E-state index in [0.717, 1.165) is 56.8 Å². The molecule has 1 aliphatic rings. The average Bonchev–Trinajstić information content (AvgIpc) is 3.25. The minimum atomic E-state index is 0.529. The van der Waals surface area contributed by atoms with Gasteiger partial charge in [0, 0.05) is 40.0 Å². The first-order chi connectivity index (χ1) is 11.4. The number of rotatable bonds is 12. The molecular weight excluding hydrogens is 294 g/mol. The largest absolute Gasteiger partial charge is 0.467 e. The van der Waals surface area contributed by atoms with Crippen LogP contribution in [0.5, 0.6) is 0 Å². The molecule has 1 aliphatic carbocycles. The molecular formula is C17H29N3O3. The maximum atomic E-state index is 5.60. The van der Waals surface area contributed by atoms with E-state index >= 15 is 0 Å². The van der Waals surface area contributed by atoms with Crippen LogP contribution in [0.25, 0.3) is 0 Å². The monoisotopic (exact) mass is 323 g/mol. The number of nitrogens with zero attached hydrogens (tertiary/aromatic N) is 1. The molecule has 2 N–H and O–H groups in total. The molecule has 6 nitrogen and oxygen atoms in total. The summed E-state index contributed by atoms with van der Waals surface area (Å²) in [5, 5.41) is 6.57. The van der Waals surface area contributed by atoms with Gasteiger partial charge in [-0.2, -0.15) is 0 Å². The fourth-order valence-corrected chi connectivity index (χ4v) is 2.08. The second kappa shape index (κ2) is 11.1. The number of nitrogens with one attached hydrogen (secondary N) is 2. The van der Waals surface area contributed by atoms with Gasteiger partial charge in [0.2, 0.25) is 0 Å². The Morgan fingerprint density at radius 2 is 1.96 bits per heavy atom. The zero-order valence-corrected chi connectivity index (χ0v) is 14.1. The van der Waals surface area contributed by atoms with Gasteiger partial charge in [-0.3, -0.25) is 4.99 Å². The summed E-state index contributed by atoms with van der Waals surface area (Å²) < 4.78 is 16.3. The molecule has 0 spiro atoms. The second-order valence-corrected chi connectivity index (χ2v) is 5.78. The highest BCUT2D eigenvalue weighted by atomic mass is 16.5. The van der Waals surface area contributed by atoms with Crippen molar-refractivity contribution in [2.75, 3.05) is 40.0 Å². The van der Waals surface area contributed by atoms with Gasteiger partial charge in [-0.15, -0.1) is 0 Å². The minimum Gasteiger partial charge on any atom is -0.467 e. The van der Waals surface area contributed by atoms with Crippen LogP contribution in [0.15, 0.2) is 27.8 Å². The van der Waals surface area contributed by atoms with E-state index in [1.807, 2.05) is 12.1 Å². The zero-order valence-electron chi connectivity index (χ0n) is 14.1. The normalized spacial score (nSPS) is 14.9. The smallest absolute Gasteiger partial charge is 0.190 e. The standard InChI is InChI=1S/C17H29N3O3/c1-18-17(19-8-3-10-21-13-15-6-7-15)20-9-4-11-22-14-16-5-2-12-23-16/h2,5,12,15H,3-4,6-11,13-14H2,1H3,(H2,18,19,20). The van der Waals surface area contributed by atoms with E-state index in [0.29, 0.717) is 13.2 Å². The molecule has 0 saturated heterocycles. The van der Waals surface area contributed by atoms with E-state index in [1.54, 1.807) is 13.3 Å². The zero-order chi connectivity index (χ0) is 16.2. The lowest BCUT2D eigenvalue weighted by Crippen LogP contribution is -2.38. The van der Waals surface area contributed by atoms with Crippen molar-refractivity contribution in [2.24, 2.45) is 10.9 Å². The van der Waals surface area contributed by atoms with Crippen LogP contribution in [0.1, 0.15) is 31.4 Å². The minimum absolute atomic E-state index is 0.529. The van der Waals surface area contributed by atoms with Crippen molar-refractivity contribution in [1.82, 2.24) is 10.6 Å². The number of hydrogen-bond acceptors (Lipinski definition) is 4. The van der Waals surface area contributed by atoms with Crippen LogP contribution in [0.3, 0.4) is 0 Å². The lowest BCUT2D eigenvalue weighted by atomic mass is 10.4. The van der Waals surface area contributed by atoms with Gasteiger partial charge in [-0.05, 0) is 43.7 Å². The summed E-state index contributed by atoms with van der Waals surface area (Å²) in [6.45, 7) is 4.68. The number of furan rings is 1. The third-order valence-corrected chi connectivity index (χ3v) is 3.61. The van der Waals surface area contributed by atoms with Crippen LogP contribution in [-0.4, -0.2) is 45.9 Å². The van der Waals surface area contributed by atoms with Gasteiger partial charge in [-0.25, -0.2) is 0 Å². The molecule has 1 aromatic rings. The van der Waals surface area contributed by atoms with Gasteiger partial charge in [-0.1, -0.05) is 0 Å². The molecule has 6 heteroatoms. The predicted molar refractivity (Wildman–Crippen MR) is 90.5 cm³/mol. The highest BCUT2D eigenvalue weighted by Gasteiger charge is 2.20. The Labute approximate surface area is 138 Å². The van der Waals surface area contributed by atoms with Gasteiger partial charge in [0.25, 0.3) is 0 Å². The van der Waals surface area contributed by atoms with E-state index in [-0.39, 0.29) is 0 Å². The van der Waals surface area contributed by atoms with Crippen LogP contribution in [0.2, 0.25) is 0 Å². The van der Waals surface area contributed by atoms with Crippen LogP contribution in [0.4, 0.5) is 0 Å². The molecule has 1 fully saturated rings. The van der Waals surface area contributed by atoms with E-state index in [2.05, 4.69) is 15.6 Å². The van der Waals surface area contributed by atoms with E-state index in [4.69, 9.17) is 13.9 Å². The van der Waals surface area contributed by atoms with Crippen molar-refractivity contribution in [3.63, 3.8) is 0 Å². The third kappa shape index (κ3) is 8.62. The summed E-state index contributed by atoms with van der Waals surface area (Å²) in [5.74, 6) is 2.53. The van der Waals surface area contributed by atoms with Crippen molar-refractivity contribution in [2.45, 2.75) is 32.3 Å². The van der Waals surface area contributed by atoms with Crippen molar-refractivity contribution < 1.29 is 13.9 Å². The van der Waals surface area contributed by atoms with Crippen molar-refractivity contribution >= 4 is 5.96 Å². The molecule has 0 bridgehead atoms. The molecule has 0 amide bonds. The highest BCUT2D eigenvalue weighted by Crippen LogP contribution is 2.28. The van der Waals surface area contributed by atoms with Crippen molar-refractivity contribution in [3.8, 4) is 0 Å². The van der Waals surface area contributed by atoms with Crippen LogP contribution >= 0.6 is 0 Å². The molecule has 1 heterocycles. The molecule has 23 heavy (non-hydrogen) atoms. The lowest BCUT2D eigenvalue weighted by molar-refractivity contribution is 0.105. The number of guanidine groups is 1. The van der Waals surface area contributed by atoms with E-state index < -0.39 is 0 Å². The Kier molecular flexibility index (Phi) is 8.58. The van der Waals surface area contributed by atoms with Crippen LogP contribution < -0.4 is 10.6 Å². The highest BCUT2D eigenvalue weighted by molar-refractivity contribution is 5.79. The van der Waals surface area contributed by atoms with Crippen LogP contribution in [-0.2, 0) is 16.1 Å². The molecule has 0 unspecified atom stereocenters. The van der Waals surface area contributed by atoms with Crippen LogP contribution in [0, 0.1) is 5.92 Å². The van der Waals surface area contributed by atoms with Gasteiger partial charge in [0.05, 0.1) is 6.26 Å². The summed E-state index contributed by atoms with van der Waals surface area (Å²) in [6, 6.07) is 3.78. The summed E-state index contributed by atoms with van der Waals surface area (Å²) in [5.41, 5.74) is 0. The van der Waals surface area contributed by atoms with Gasteiger partial charge in [0.1, 0.15) is 12.4 Å². The fraction of sp³-hybridized carbons (Fsp3) is 0.706. The Morgan fingerprint density at radius 1 is 1.22 bits per heavy atom. The summed E-state index contributed by atoms with van der Waals surface area (Å²) in [4.78, 5) is 4.20. The molecule has 0 radical (unpaired) electrons. The first-order valence-electron chi connectivity index (χ1n) is 8.51. The summed E-state index contributed by atoms with van der Waals surface area (Å²) in [7, 11) is 1.78. The average molecular weight is 323 g/mol. The molecule has 2 rings (SSSR count). The summed E-state index contributed by atoms with van der Waals surface area (Å²) >= 11 is 0. The molecule has 1 saturated carbocycles. The number of ether oxygens (including phenoxy) is 2. The first kappa shape index (κ1) is 17.8. The third-order valence-electron chi connectivity index (χ3n) is 3.61. The lowest BCUT2D eigenvalue weighted by Gasteiger charge is -2.12. The number of aliphatic imine (C=N–C) groups is 1. The molecule has 130 valence electrons. The molecule has 1 aromatic heterocycles. The molecule has 0 atom stereocenters. The maximum Gasteiger partial charge on any atom is 0.190 e. The Hall–Kier alpha value is -1.53. The fourth-order valence-electron chi connectivity index (χ4n) is 2.08.